The smallest absolute Gasteiger partial charge is 0.339 e. The second kappa shape index (κ2) is 7.39. The molecule has 9 heteroatoms. The lowest BCUT2D eigenvalue weighted by Gasteiger charge is -2.35. The van der Waals surface area contributed by atoms with E-state index in [0.29, 0.717) is 22.9 Å². The van der Waals surface area contributed by atoms with Gasteiger partial charge in [0.05, 0.1) is 24.8 Å². The lowest BCUT2D eigenvalue weighted by Crippen LogP contribution is -2.36. The van der Waals surface area contributed by atoms with Gasteiger partial charge >= 0.3 is 5.97 Å². The molecule has 1 aliphatic carbocycles. The van der Waals surface area contributed by atoms with Crippen molar-refractivity contribution in [2.24, 2.45) is 11.8 Å². The Morgan fingerprint density at radius 3 is 2.80 bits per heavy atom. The van der Waals surface area contributed by atoms with Crippen molar-refractivity contribution in [3.05, 3.63) is 36.3 Å². The number of aromatic nitrogens is 5. The summed E-state index contributed by atoms with van der Waals surface area (Å²) in [5, 5.41) is 15.1. The van der Waals surface area contributed by atoms with Gasteiger partial charge in [-0.2, -0.15) is 5.10 Å². The van der Waals surface area contributed by atoms with Gasteiger partial charge in [0.2, 0.25) is 5.95 Å². The minimum absolute atomic E-state index is 0.0236. The van der Waals surface area contributed by atoms with Crippen molar-refractivity contribution in [3.8, 4) is 0 Å². The summed E-state index contributed by atoms with van der Waals surface area (Å²) in [7, 11) is 1.36. The number of aryl methyl sites for hydroxylation is 1. The van der Waals surface area contributed by atoms with Gasteiger partial charge in [0, 0.05) is 38.2 Å². The highest BCUT2D eigenvalue weighted by Crippen LogP contribution is 2.42. The third-order valence-corrected chi connectivity index (χ3v) is 6.56. The predicted molar refractivity (Wildman–Crippen MR) is 110 cm³/mol. The molecule has 30 heavy (non-hydrogen) atoms. The highest BCUT2D eigenvalue weighted by molar-refractivity contribution is 5.92. The number of ether oxygens (including phenoxy) is 1. The fraction of sp³-hybridized carbons (Fsp3) is 0.524. The average Bonchev–Trinajstić information content (AvgIpc) is 3.49. The summed E-state index contributed by atoms with van der Waals surface area (Å²) in [6, 6.07) is 3.67. The number of carbonyl (C=O) groups is 1. The summed E-state index contributed by atoms with van der Waals surface area (Å²) in [4.78, 5) is 23.5. The Balaban J connectivity index is 1.43. The molecule has 4 heterocycles. The van der Waals surface area contributed by atoms with Crippen LogP contribution in [0.2, 0.25) is 0 Å². The molecular weight excluding hydrogens is 384 g/mol. The van der Waals surface area contributed by atoms with Crippen LogP contribution in [0.4, 0.5) is 5.95 Å². The molecule has 1 aliphatic heterocycles. The van der Waals surface area contributed by atoms with Crippen molar-refractivity contribution in [1.82, 2.24) is 24.3 Å². The van der Waals surface area contributed by atoms with E-state index in [-0.39, 0.29) is 12.1 Å². The third kappa shape index (κ3) is 3.04. The van der Waals surface area contributed by atoms with Crippen molar-refractivity contribution in [2.75, 3.05) is 25.1 Å². The molecule has 0 radical (unpaired) electrons. The van der Waals surface area contributed by atoms with Crippen LogP contribution in [-0.4, -0.2) is 61.7 Å². The number of fused-ring (bicyclic) bond motifs is 2. The van der Waals surface area contributed by atoms with E-state index in [4.69, 9.17) is 9.72 Å². The van der Waals surface area contributed by atoms with E-state index < -0.39 is 5.97 Å². The Bertz CT molecular complexity index is 1060. The summed E-state index contributed by atoms with van der Waals surface area (Å²) in [5.74, 6) is 1.37. The third-order valence-electron chi connectivity index (χ3n) is 6.56. The minimum atomic E-state index is -0.414. The summed E-state index contributed by atoms with van der Waals surface area (Å²) in [6.45, 7) is 4.56. The van der Waals surface area contributed by atoms with Crippen LogP contribution in [0.15, 0.2) is 30.7 Å². The summed E-state index contributed by atoms with van der Waals surface area (Å²) in [5.41, 5.74) is 1.86. The molecule has 0 unspecified atom stereocenters. The van der Waals surface area contributed by atoms with E-state index in [1.54, 1.807) is 18.5 Å². The van der Waals surface area contributed by atoms with Crippen LogP contribution >= 0.6 is 0 Å². The van der Waals surface area contributed by atoms with Gasteiger partial charge in [-0.1, -0.05) is 0 Å². The Kier molecular flexibility index (Phi) is 4.69. The van der Waals surface area contributed by atoms with Gasteiger partial charge in [-0.25, -0.2) is 14.8 Å². The molecular formula is C21H26N6O3. The maximum Gasteiger partial charge on any atom is 0.339 e. The molecule has 1 saturated heterocycles. The van der Waals surface area contributed by atoms with Gasteiger partial charge in [0.25, 0.3) is 0 Å². The molecule has 9 nitrogen and oxygen atoms in total. The van der Waals surface area contributed by atoms with Crippen molar-refractivity contribution in [2.45, 2.75) is 38.5 Å². The fourth-order valence-electron chi connectivity index (χ4n) is 5.09. The number of aliphatic hydroxyl groups is 1. The maximum atomic E-state index is 11.9. The quantitative estimate of drug-likeness (QED) is 0.656. The number of pyridine rings is 1. The Hall–Kier alpha value is -2.94. The van der Waals surface area contributed by atoms with Crippen LogP contribution in [-0.2, 0) is 11.3 Å². The van der Waals surface area contributed by atoms with E-state index in [2.05, 4.69) is 26.5 Å². The number of methoxy groups -OCH3 is 1. The number of hydrogen-bond acceptors (Lipinski definition) is 7. The Labute approximate surface area is 174 Å². The van der Waals surface area contributed by atoms with Crippen LogP contribution in [0, 0.1) is 11.8 Å². The zero-order chi connectivity index (χ0) is 20.8. The van der Waals surface area contributed by atoms with Crippen molar-refractivity contribution < 1.29 is 14.6 Å². The Morgan fingerprint density at radius 2 is 2.10 bits per heavy atom. The largest absolute Gasteiger partial charge is 0.465 e. The van der Waals surface area contributed by atoms with E-state index in [0.717, 1.165) is 44.1 Å². The van der Waals surface area contributed by atoms with Gasteiger partial charge < -0.3 is 14.7 Å². The SMILES string of the molecule is CCn1c(N2C[C@H]3C[C@@H](n4cccn4)[C@H](O)C[C@H]3C2)nc2cc(C(=O)OC)cnc21. The van der Waals surface area contributed by atoms with E-state index >= 15 is 0 Å². The lowest BCUT2D eigenvalue weighted by atomic mass is 9.77. The maximum absolute atomic E-state index is 11.9. The number of esters is 1. The number of imidazole rings is 1. The van der Waals surface area contributed by atoms with Gasteiger partial charge in [-0.05, 0) is 43.7 Å². The number of rotatable bonds is 4. The zero-order valence-electron chi connectivity index (χ0n) is 17.2. The lowest BCUT2D eigenvalue weighted by molar-refractivity contribution is 0.0306. The molecule has 3 aromatic rings. The van der Waals surface area contributed by atoms with Crippen molar-refractivity contribution in [3.63, 3.8) is 0 Å². The minimum Gasteiger partial charge on any atom is -0.465 e. The molecule has 4 atom stereocenters. The normalized spacial score (nSPS) is 26.2. The average molecular weight is 410 g/mol. The van der Waals surface area contributed by atoms with Gasteiger partial charge in [-0.15, -0.1) is 0 Å². The number of hydrogen-bond donors (Lipinski definition) is 1. The van der Waals surface area contributed by atoms with Crippen LogP contribution in [0.25, 0.3) is 11.2 Å². The Morgan fingerprint density at radius 1 is 1.30 bits per heavy atom. The molecule has 5 rings (SSSR count). The molecule has 0 amide bonds. The van der Waals surface area contributed by atoms with Crippen LogP contribution in [0.1, 0.15) is 36.2 Å². The highest BCUT2D eigenvalue weighted by Gasteiger charge is 2.43. The fourth-order valence-corrected chi connectivity index (χ4v) is 5.09. The first-order valence-corrected chi connectivity index (χ1v) is 10.5. The molecule has 0 bridgehead atoms. The van der Waals surface area contributed by atoms with Crippen LogP contribution in [0.5, 0.6) is 0 Å². The molecule has 1 N–H and O–H groups in total. The zero-order valence-corrected chi connectivity index (χ0v) is 17.2. The van der Waals surface area contributed by atoms with Gasteiger partial charge in [0.1, 0.15) is 5.52 Å². The van der Waals surface area contributed by atoms with Crippen LogP contribution in [0.3, 0.4) is 0 Å². The second-order valence-corrected chi connectivity index (χ2v) is 8.23. The standard InChI is InChI=1S/C21H26N6O3/c1-3-26-19-16(7-13(10-22-19)20(29)30-2)24-21(26)25-11-14-8-17(27-6-4-5-23-27)18(28)9-15(14)12-25/h4-7,10,14-15,17-18,28H,3,8-9,11-12H2,1-2H3/t14-,15+,17-,18-/m1/s1. The highest BCUT2D eigenvalue weighted by atomic mass is 16.5. The van der Waals surface area contributed by atoms with Crippen molar-refractivity contribution >= 4 is 23.1 Å². The monoisotopic (exact) mass is 410 g/mol. The molecule has 2 aliphatic rings. The van der Waals surface area contributed by atoms with Crippen LogP contribution < -0.4 is 4.90 Å². The number of aliphatic hydroxyl groups excluding tert-OH is 1. The first kappa shape index (κ1) is 19.0. The van der Waals surface area contributed by atoms with E-state index in [1.807, 2.05) is 16.9 Å². The number of anilines is 1. The first-order valence-electron chi connectivity index (χ1n) is 10.5. The first-order chi connectivity index (χ1) is 14.6. The molecule has 3 aromatic heterocycles. The summed E-state index contributed by atoms with van der Waals surface area (Å²) >= 11 is 0. The summed E-state index contributed by atoms with van der Waals surface area (Å²) < 4.78 is 8.79. The predicted octanol–water partition coefficient (Wildman–Crippen LogP) is 1.88. The topological polar surface area (TPSA) is 98.3 Å². The number of nitrogens with zero attached hydrogens (tertiary/aromatic N) is 6. The van der Waals surface area contributed by atoms with Gasteiger partial charge in [0.15, 0.2) is 5.65 Å². The van der Waals surface area contributed by atoms with E-state index in [9.17, 15) is 9.90 Å². The molecule has 158 valence electrons. The molecule has 0 aromatic carbocycles. The van der Waals surface area contributed by atoms with E-state index in [1.165, 1.54) is 7.11 Å². The number of carbonyl (C=O) groups excluding carboxylic acids is 1. The summed E-state index contributed by atoms with van der Waals surface area (Å²) in [6.07, 6.45) is 6.52. The molecule has 2 fully saturated rings. The second-order valence-electron chi connectivity index (χ2n) is 8.23. The van der Waals surface area contributed by atoms with Crippen molar-refractivity contribution in [1.29, 1.82) is 0 Å². The molecule has 1 saturated carbocycles. The molecule has 0 spiro atoms. The van der Waals surface area contributed by atoms with Gasteiger partial charge in [-0.3, -0.25) is 9.25 Å².